The maximum absolute atomic E-state index is 5.69. The minimum atomic E-state index is 0.550. The van der Waals surface area contributed by atoms with E-state index < -0.39 is 0 Å². The molecular weight excluding hydrogens is 172 g/mol. The number of aryl methyl sites for hydroxylation is 2. The monoisotopic (exact) mass is 186 g/mol. The lowest BCUT2D eigenvalue weighted by Gasteiger charge is -2.06. The number of pyridine rings is 1. The molecule has 2 nitrogen and oxygen atoms in total. The quantitative estimate of drug-likeness (QED) is 0.742. The van der Waals surface area contributed by atoms with Gasteiger partial charge in [-0.3, -0.25) is 4.98 Å². The lowest BCUT2D eigenvalue weighted by Crippen LogP contribution is -1.99. The van der Waals surface area contributed by atoms with Gasteiger partial charge >= 0.3 is 0 Å². The van der Waals surface area contributed by atoms with Crippen molar-refractivity contribution in [3.63, 3.8) is 0 Å². The van der Waals surface area contributed by atoms with Crippen LogP contribution in [0.4, 0.5) is 0 Å². The largest absolute Gasteiger partial charge is 0.326 e. The Morgan fingerprint density at radius 1 is 1.21 bits per heavy atom. The second-order valence-electron chi connectivity index (χ2n) is 3.65. The predicted molar refractivity (Wildman–Crippen MR) is 59.1 cm³/mol. The Labute approximate surface area is 83.8 Å². The molecule has 0 aliphatic rings. The standard InChI is InChI=1S/C12H14N2/c1-8-5-10-4-3-9(2)14-12(10)11(6-8)7-13/h3-6H,7,13H2,1-2H3. The van der Waals surface area contributed by atoms with Gasteiger partial charge in [0.2, 0.25) is 0 Å². The molecule has 0 amide bonds. The molecule has 1 heterocycles. The summed E-state index contributed by atoms with van der Waals surface area (Å²) in [5.74, 6) is 0. The van der Waals surface area contributed by atoms with Crippen molar-refractivity contribution in [1.82, 2.24) is 4.98 Å². The molecule has 2 heteroatoms. The molecule has 0 atom stereocenters. The smallest absolute Gasteiger partial charge is 0.0750 e. The van der Waals surface area contributed by atoms with Gasteiger partial charge < -0.3 is 5.73 Å². The topological polar surface area (TPSA) is 38.9 Å². The van der Waals surface area contributed by atoms with Crippen molar-refractivity contribution < 1.29 is 0 Å². The number of nitrogens with two attached hydrogens (primary N) is 1. The zero-order valence-electron chi connectivity index (χ0n) is 8.54. The molecular formula is C12H14N2. The van der Waals surface area contributed by atoms with Crippen molar-refractivity contribution in [3.8, 4) is 0 Å². The number of rotatable bonds is 1. The highest BCUT2D eigenvalue weighted by molar-refractivity contribution is 5.82. The van der Waals surface area contributed by atoms with Crippen molar-refractivity contribution in [2.45, 2.75) is 20.4 Å². The third-order valence-corrected chi connectivity index (χ3v) is 2.37. The van der Waals surface area contributed by atoms with Gasteiger partial charge in [-0.15, -0.1) is 0 Å². The summed E-state index contributed by atoms with van der Waals surface area (Å²) in [5, 5.41) is 1.18. The number of hydrogen-bond donors (Lipinski definition) is 1. The Hall–Kier alpha value is -1.41. The van der Waals surface area contributed by atoms with Crippen LogP contribution >= 0.6 is 0 Å². The first-order chi connectivity index (χ1) is 6.70. The van der Waals surface area contributed by atoms with Gasteiger partial charge in [-0.25, -0.2) is 0 Å². The molecule has 0 fully saturated rings. The second-order valence-corrected chi connectivity index (χ2v) is 3.65. The maximum Gasteiger partial charge on any atom is 0.0750 e. The summed E-state index contributed by atoms with van der Waals surface area (Å²) in [6.07, 6.45) is 0. The molecule has 2 N–H and O–H groups in total. The van der Waals surface area contributed by atoms with Crippen molar-refractivity contribution in [3.05, 3.63) is 41.1 Å². The molecule has 0 saturated carbocycles. The van der Waals surface area contributed by atoms with E-state index in [0.29, 0.717) is 6.54 Å². The molecule has 1 aromatic heterocycles. The van der Waals surface area contributed by atoms with E-state index in [4.69, 9.17) is 5.73 Å². The number of nitrogens with zero attached hydrogens (tertiary/aromatic N) is 1. The van der Waals surface area contributed by atoms with Crippen LogP contribution in [0.1, 0.15) is 16.8 Å². The van der Waals surface area contributed by atoms with Crippen LogP contribution in [0.25, 0.3) is 10.9 Å². The van der Waals surface area contributed by atoms with E-state index >= 15 is 0 Å². The fraction of sp³-hybridized carbons (Fsp3) is 0.250. The van der Waals surface area contributed by atoms with E-state index in [0.717, 1.165) is 16.8 Å². The Bertz CT molecular complexity index is 475. The first-order valence-electron chi connectivity index (χ1n) is 4.77. The van der Waals surface area contributed by atoms with Gasteiger partial charge in [0.1, 0.15) is 0 Å². The molecule has 1 aromatic carbocycles. The summed E-state index contributed by atoms with van der Waals surface area (Å²) in [6, 6.07) is 8.38. The van der Waals surface area contributed by atoms with Gasteiger partial charge in [0.15, 0.2) is 0 Å². The van der Waals surface area contributed by atoms with Crippen molar-refractivity contribution in [2.75, 3.05) is 0 Å². The van der Waals surface area contributed by atoms with E-state index in [9.17, 15) is 0 Å². The minimum Gasteiger partial charge on any atom is -0.326 e. The molecule has 14 heavy (non-hydrogen) atoms. The van der Waals surface area contributed by atoms with E-state index in [-0.39, 0.29) is 0 Å². The van der Waals surface area contributed by atoms with Gasteiger partial charge in [-0.1, -0.05) is 17.7 Å². The molecule has 0 aliphatic carbocycles. The first kappa shape index (κ1) is 9.16. The Balaban J connectivity index is 2.81. The summed E-state index contributed by atoms with van der Waals surface area (Å²) < 4.78 is 0. The first-order valence-corrected chi connectivity index (χ1v) is 4.77. The van der Waals surface area contributed by atoms with E-state index in [2.05, 4.69) is 30.1 Å². The lowest BCUT2D eigenvalue weighted by atomic mass is 10.1. The van der Waals surface area contributed by atoms with Gasteiger partial charge in [-0.2, -0.15) is 0 Å². The van der Waals surface area contributed by atoms with Gasteiger partial charge in [0, 0.05) is 17.6 Å². The minimum absolute atomic E-state index is 0.550. The van der Waals surface area contributed by atoms with Crippen LogP contribution in [0.15, 0.2) is 24.3 Å². The fourth-order valence-corrected chi connectivity index (χ4v) is 1.73. The number of benzene rings is 1. The third-order valence-electron chi connectivity index (χ3n) is 2.37. The van der Waals surface area contributed by atoms with E-state index in [1.807, 2.05) is 13.0 Å². The molecule has 0 bridgehead atoms. The Morgan fingerprint density at radius 2 is 2.00 bits per heavy atom. The normalized spacial score (nSPS) is 10.8. The fourth-order valence-electron chi connectivity index (χ4n) is 1.73. The summed E-state index contributed by atoms with van der Waals surface area (Å²) in [4.78, 5) is 4.51. The number of fused-ring (bicyclic) bond motifs is 1. The predicted octanol–water partition coefficient (Wildman–Crippen LogP) is 2.31. The van der Waals surface area contributed by atoms with Gasteiger partial charge in [0.25, 0.3) is 0 Å². The van der Waals surface area contributed by atoms with Crippen LogP contribution in [0.2, 0.25) is 0 Å². The lowest BCUT2D eigenvalue weighted by molar-refractivity contribution is 1.07. The molecule has 0 spiro atoms. The molecule has 0 saturated heterocycles. The highest BCUT2D eigenvalue weighted by atomic mass is 14.7. The van der Waals surface area contributed by atoms with Crippen LogP contribution in [-0.4, -0.2) is 4.98 Å². The molecule has 2 rings (SSSR count). The highest BCUT2D eigenvalue weighted by Crippen LogP contribution is 2.19. The van der Waals surface area contributed by atoms with Crippen molar-refractivity contribution >= 4 is 10.9 Å². The van der Waals surface area contributed by atoms with Crippen molar-refractivity contribution in [1.29, 1.82) is 0 Å². The molecule has 0 unspecified atom stereocenters. The zero-order chi connectivity index (χ0) is 10.1. The zero-order valence-corrected chi connectivity index (χ0v) is 8.54. The van der Waals surface area contributed by atoms with E-state index in [1.54, 1.807) is 0 Å². The van der Waals surface area contributed by atoms with E-state index in [1.165, 1.54) is 10.9 Å². The second kappa shape index (κ2) is 3.39. The average Bonchev–Trinajstić information content (AvgIpc) is 2.17. The Morgan fingerprint density at radius 3 is 2.71 bits per heavy atom. The maximum atomic E-state index is 5.69. The van der Waals surface area contributed by atoms with Crippen LogP contribution in [0, 0.1) is 13.8 Å². The van der Waals surface area contributed by atoms with Crippen molar-refractivity contribution in [2.24, 2.45) is 5.73 Å². The molecule has 72 valence electrons. The third kappa shape index (κ3) is 1.49. The molecule has 0 radical (unpaired) electrons. The van der Waals surface area contributed by atoms with Gasteiger partial charge in [0.05, 0.1) is 5.52 Å². The SMILES string of the molecule is Cc1cc(CN)c2nc(C)ccc2c1. The number of aromatic nitrogens is 1. The number of hydrogen-bond acceptors (Lipinski definition) is 2. The molecule has 2 aromatic rings. The van der Waals surface area contributed by atoms with Crippen LogP contribution < -0.4 is 5.73 Å². The van der Waals surface area contributed by atoms with Crippen LogP contribution in [-0.2, 0) is 6.54 Å². The van der Waals surface area contributed by atoms with Crippen LogP contribution in [0.5, 0.6) is 0 Å². The average molecular weight is 186 g/mol. The highest BCUT2D eigenvalue weighted by Gasteiger charge is 2.02. The summed E-state index contributed by atoms with van der Waals surface area (Å²) in [5.41, 5.74) is 10.1. The summed E-state index contributed by atoms with van der Waals surface area (Å²) >= 11 is 0. The van der Waals surface area contributed by atoms with Crippen LogP contribution in [0.3, 0.4) is 0 Å². The van der Waals surface area contributed by atoms with Gasteiger partial charge in [-0.05, 0) is 31.5 Å². The summed E-state index contributed by atoms with van der Waals surface area (Å²) in [7, 11) is 0. The Kier molecular flexibility index (Phi) is 2.22. The molecule has 0 aliphatic heterocycles. The summed E-state index contributed by atoms with van der Waals surface area (Å²) in [6.45, 7) is 4.63.